The average molecular weight is 535 g/mol. The van der Waals surface area contributed by atoms with E-state index in [9.17, 15) is 29.5 Å². The normalized spacial score (nSPS) is 12.3. The predicted octanol–water partition coefficient (Wildman–Crippen LogP) is 4.21. The molecule has 9 nitrogen and oxygen atoms in total. The van der Waals surface area contributed by atoms with E-state index in [0.717, 1.165) is 15.3 Å². The van der Waals surface area contributed by atoms with Crippen LogP contribution in [0.25, 0.3) is 0 Å². The van der Waals surface area contributed by atoms with Gasteiger partial charge in [-0.3, -0.25) is 14.4 Å². The highest BCUT2D eigenvalue weighted by molar-refractivity contribution is 8.00. The lowest BCUT2D eigenvalue weighted by Gasteiger charge is -2.25. The first kappa shape index (κ1) is 25.9. The van der Waals surface area contributed by atoms with Gasteiger partial charge in [-0.2, -0.15) is 5.26 Å². The summed E-state index contributed by atoms with van der Waals surface area (Å²) in [5.74, 6) is -1.97. The smallest absolute Gasteiger partial charge is 0.336 e. The molecule has 0 aliphatic carbocycles. The Labute approximate surface area is 221 Å². The molecule has 4 rings (SSSR count). The summed E-state index contributed by atoms with van der Waals surface area (Å²) >= 11 is 2.58. The third-order valence-electron chi connectivity index (χ3n) is 5.73. The van der Waals surface area contributed by atoms with Gasteiger partial charge in [0.1, 0.15) is 11.1 Å². The molecule has 0 saturated heterocycles. The van der Waals surface area contributed by atoms with E-state index in [-0.39, 0.29) is 28.7 Å². The molecule has 3 amide bonds. The quantitative estimate of drug-likeness (QED) is 0.386. The number of hydrogen-bond acceptors (Lipinski definition) is 7. The Bertz CT molecular complexity index is 1440. The van der Waals surface area contributed by atoms with Gasteiger partial charge in [-0.05, 0) is 42.3 Å². The molecule has 2 heterocycles. The minimum Gasteiger partial charge on any atom is -0.478 e. The number of carboxylic acids is 1. The molecule has 0 spiro atoms. The van der Waals surface area contributed by atoms with Crippen molar-refractivity contribution in [1.29, 1.82) is 5.26 Å². The summed E-state index contributed by atoms with van der Waals surface area (Å²) in [6, 6.07) is 15.0. The van der Waals surface area contributed by atoms with Crippen LogP contribution < -0.4 is 10.6 Å². The van der Waals surface area contributed by atoms with Crippen LogP contribution in [0.4, 0.5) is 10.7 Å². The second kappa shape index (κ2) is 11.3. The van der Waals surface area contributed by atoms with E-state index in [0.29, 0.717) is 35.8 Å². The fourth-order valence-electron chi connectivity index (χ4n) is 3.92. The zero-order chi connectivity index (χ0) is 26.5. The lowest BCUT2D eigenvalue weighted by Crippen LogP contribution is -2.33. The number of nitriles is 1. The van der Waals surface area contributed by atoms with E-state index < -0.39 is 11.9 Å². The number of amides is 3. The average Bonchev–Trinajstić information content (AvgIpc) is 3.23. The summed E-state index contributed by atoms with van der Waals surface area (Å²) in [6.07, 6.45) is 0.578. The second-order valence-corrected chi connectivity index (χ2v) is 10.3. The monoisotopic (exact) mass is 534 g/mol. The minimum atomic E-state index is -1.19. The van der Waals surface area contributed by atoms with Gasteiger partial charge in [0.15, 0.2) is 0 Å². The number of carboxylic acid groups (broad SMARTS) is 1. The first-order valence-corrected chi connectivity index (χ1v) is 13.0. The molecule has 1 aliphatic rings. The predicted molar refractivity (Wildman–Crippen MR) is 141 cm³/mol. The van der Waals surface area contributed by atoms with Gasteiger partial charge in [-0.25, -0.2) is 4.79 Å². The number of rotatable bonds is 7. The summed E-state index contributed by atoms with van der Waals surface area (Å²) in [5, 5.41) is 25.0. The van der Waals surface area contributed by atoms with Gasteiger partial charge in [-0.15, -0.1) is 23.1 Å². The fourth-order valence-corrected chi connectivity index (χ4v) is 5.90. The summed E-state index contributed by atoms with van der Waals surface area (Å²) in [7, 11) is 0. The van der Waals surface area contributed by atoms with Gasteiger partial charge in [0.05, 0.1) is 29.0 Å². The van der Waals surface area contributed by atoms with Gasteiger partial charge >= 0.3 is 5.97 Å². The third kappa shape index (κ3) is 5.99. The van der Waals surface area contributed by atoms with Crippen LogP contribution in [0.5, 0.6) is 0 Å². The van der Waals surface area contributed by atoms with Crippen LogP contribution in [0.1, 0.15) is 43.6 Å². The minimum absolute atomic E-state index is 0.0240. The van der Waals surface area contributed by atoms with Crippen molar-refractivity contribution >= 4 is 57.5 Å². The molecule has 3 aromatic rings. The van der Waals surface area contributed by atoms with E-state index in [4.69, 9.17) is 0 Å². The highest BCUT2D eigenvalue weighted by Gasteiger charge is 2.26. The van der Waals surface area contributed by atoms with Crippen LogP contribution in [0.15, 0.2) is 53.4 Å². The molecule has 37 heavy (non-hydrogen) atoms. The zero-order valence-electron chi connectivity index (χ0n) is 19.7. The van der Waals surface area contributed by atoms with Crippen molar-refractivity contribution < 1.29 is 24.3 Å². The second-order valence-electron chi connectivity index (χ2n) is 8.18. The van der Waals surface area contributed by atoms with Gasteiger partial charge in [0, 0.05) is 28.9 Å². The Hall–Kier alpha value is -4.14. The zero-order valence-corrected chi connectivity index (χ0v) is 21.4. The molecule has 0 radical (unpaired) electrons. The Morgan fingerprint density at radius 3 is 2.57 bits per heavy atom. The van der Waals surface area contributed by atoms with Crippen LogP contribution in [0.3, 0.4) is 0 Å². The van der Waals surface area contributed by atoms with Crippen molar-refractivity contribution in [2.75, 3.05) is 22.9 Å². The Balaban J connectivity index is 1.39. The van der Waals surface area contributed by atoms with Crippen LogP contribution >= 0.6 is 23.1 Å². The number of thioether (sulfide) groups is 1. The Morgan fingerprint density at radius 1 is 1.11 bits per heavy atom. The summed E-state index contributed by atoms with van der Waals surface area (Å²) < 4.78 is 0. The highest BCUT2D eigenvalue weighted by Crippen LogP contribution is 2.37. The van der Waals surface area contributed by atoms with Crippen molar-refractivity contribution in [3.05, 3.63) is 75.7 Å². The maximum Gasteiger partial charge on any atom is 0.336 e. The molecule has 0 atom stereocenters. The van der Waals surface area contributed by atoms with E-state index in [1.165, 1.54) is 42.2 Å². The SMILES string of the molecule is CC(=O)N1CCc2c(sc(NC(=O)CSc3cccc(NC(=O)c4ccccc4C(=O)O)c3)c2C#N)C1. The number of thiophene rings is 1. The molecular formula is C26H22N4O5S2. The molecule has 188 valence electrons. The van der Waals surface area contributed by atoms with Crippen LogP contribution in [-0.2, 0) is 22.6 Å². The van der Waals surface area contributed by atoms with Crippen LogP contribution in [0, 0.1) is 11.3 Å². The molecule has 3 N–H and O–H groups in total. The van der Waals surface area contributed by atoms with E-state index in [2.05, 4.69) is 16.7 Å². The van der Waals surface area contributed by atoms with Crippen LogP contribution in [-0.4, -0.2) is 46.0 Å². The summed E-state index contributed by atoms with van der Waals surface area (Å²) in [6.45, 7) is 2.49. The number of nitrogens with one attached hydrogen (secondary N) is 2. The van der Waals surface area contributed by atoms with E-state index in [1.54, 1.807) is 41.3 Å². The van der Waals surface area contributed by atoms with E-state index in [1.807, 2.05) is 0 Å². The molecule has 1 aromatic heterocycles. The molecule has 0 fully saturated rings. The molecule has 0 saturated carbocycles. The summed E-state index contributed by atoms with van der Waals surface area (Å²) in [4.78, 5) is 51.8. The van der Waals surface area contributed by atoms with Gasteiger partial charge in [-0.1, -0.05) is 18.2 Å². The van der Waals surface area contributed by atoms with Crippen molar-refractivity contribution in [1.82, 2.24) is 4.90 Å². The number of anilines is 2. The Kier molecular flexibility index (Phi) is 7.91. The number of carbonyl (C=O) groups excluding carboxylic acids is 3. The third-order valence-corrected chi connectivity index (χ3v) is 7.86. The largest absolute Gasteiger partial charge is 0.478 e. The number of benzene rings is 2. The first-order valence-electron chi connectivity index (χ1n) is 11.2. The van der Waals surface area contributed by atoms with Gasteiger partial charge < -0.3 is 20.6 Å². The molecule has 1 aliphatic heterocycles. The lowest BCUT2D eigenvalue weighted by atomic mass is 10.0. The van der Waals surface area contributed by atoms with Gasteiger partial charge in [0.25, 0.3) is 5.91 Å². The summed E-state index contributed by atoms with van der Waals surface area (Å²) in [5.41, 5.74) is 1.76. The maximum atomic E-state index is 12.7. The van der Waals surface area contributed by atoms with Crippen molar-refractivity contribution in [3.8, 4) is 6.07 Å². The fraction of sp³-hybridized carbons (Fsp3) is 0.192. The number of hydrogen-bond donors (Lipinski definition) is 3. The maximum absolute atomic E-state index is 12.7. The topological polar surface area (TPSA) is 140 Å². The van der Waals surface area contributed by atoms with Crippen molar-refractivity contribution in [2.45, 2.75) is 24.8 Å². The van der Waals surface area contributed by atoms with E-state index >= 15 is 0 Å². The standard InChI is InChI=1S/C26H22N4O5S2/c1-15(31)30-10-9-18-21(12-27)25(37-22(18)13-30)29-23(32)14-36-17-6-4-5-16(11-17)28-24(33)19-7-2-3-8-20(19)26(34)35/h2-8,11H,9-10,13-14H2,1H3,(H,28,33)(H,29,32)(H,34,35). The first-order chi connectivity index (χ1) is 17.8. The number of aromatic carboxylic acids is 1. The van der Waals surface area contributed by atoms with Crippen molar-refractivity contribution in [3.63, 3.8) is 0 Å². The molecule has 0 unspecified atom stereocenters. The lowest BCUT2D eigenvalue weighted by molar-refractivity contribution is -0.129. The van der Waals surface area contributed by atoms with Crippen molar-refractivity contribution in [2.24, 2.45) is 0 Å². The number of fused-ring (bicyclic) bond motifs is 1. The number of carbonyl (C=O) groups is 4. The molecule has 11 heteroatoms. The Morgan fingerprint density at radius 2 is 1.86 bits per heavy atom. The molecule has 0 bridgehead atoms. The highest BCUT2D eigenvalue weighted by atomic mass is 32.2. The molecular weight excluding hydrogens is 512 g/mol. The number of nitrogens with zero attached hydrogens (tertiary/aromatic N) is 2. The molecule has 2 aromatic carbocycles. The van der Waals surface area contributed by atoms with Gasteiger partial charge in [0.2, 0.25) is 11.8 Å². The van der Waals surface area contributed by atoms with Crippen LogP contribution in [0.2, 0.25) is 0 Å².